The molecule has 0 N–H and O–H groups in total. The molecule has 0 spiro atoms. The van der Waals surface area contributed by atoms with E-state index < -0.39 is 0 Å². The zero-order valence-electron chi connectivity index (χ0n) is 16.2. The van der Waals surface area contributed by atoms with Crippen molar-refractivity contribution in [2.45, 2.75) is 38.5 Å². The van der Waals surface area contributed by atoms with Crippen LogP contribution in [0.2, 0.25) is 0 Å². The second-order valence-electron chi connectivity index (χ2n) is 9.81. The van der Waals surface area contributed by atoms with Gasteiger partial charge in [-0.15, -0.1) is 0 Å². The third-order valence-electron chi connectivity index (χ3n) is 7.66. The first-order valence-electron chi connectivity index (χ1n) is 10.9. The molecule has 140 valence electrons. The van der Waals surface area contributed by atoms with Crippen molar-refractivity contribution in [3.63, 3.8) is 0 Å². The minimum Gasteiger partial charge on any atom is -0.300 e. The molecule has 1 aromatic rings. The van der Waals surface area contributed by atoms with E-state index in [1.165, 1.54) is 38.3 Å². The SMILES string of the molecule is C(=Cc1ccccc1)CN1CCN(CC23CC4CC(CC(C4)C2)C3)CC1. The molecule has 2 heteroatoms. The summed E-state index contributed by atoms with van der Waals surface area (Å²) in [6, 6.07) is 10.7. The highest BCUT2D eigenvalue weighted by atomic mass is 15.3. The molecular weight excluding hydrogens is 316 g/mol. The molecule has 6 rings (SSSR count). The molecular formula is C24H34N2. The Balaban J connectivity index is 1.10. The van der Waals surface area contributed by atoms with Gasteiger partial charge in [0.1, 0.15) is 0 Å². The maximum Gasteiger partial charge on any atom is 0.0167 e. The highest BCUT2D eigenvalue weighted by Crippen LogP contribution is 2.60. The lowest BCUT2D eigenvalue weighted by Crippen LogP contribution is -2.54. The molecule has 5 aliphatic rings. The van der Waals surface area contributed by atoms with E-state index in [-0.39, 0.29) is 0 Å². The molecule has 0 radical (unpaired) electrons. The Morgan fingerprint density at radius 1 is 0.808 bits per heavy atom. The third kappa shape index (κ3) is 3.64. The summed E-state index contributed by atoms with van der Waals surface area (Å²) in [7, 11) is 0. The first kappa shape index (κ1) is 17.0. The molecule has 0 amide bonds. The van der Waals surface area contributed by atoms with Crippen LogP contribution in [0.1, 0.15) is 44.1 Å². The maximum atomic E-state index is 2.81. The van der Waals surface area contributed by atoms with Crippen LogP contribution in [0.4, 0.5) is 0 Å². The molecule has 0 atom stereocenters. The summed E-state index contributed by atoms with van der Waals surface area (Å²) in [6.45, 7) is 7.54. The highest BCUT2D eigenvalue weighted by Gasteiger charge is 2.51. The average Bonchev–Trinajstić information content (AvgIpc) is 2.63. The second-order valence-corrected chi connectivity index (χ2v) is 9.81. The van der Waals surface area contributed by atoms with Gasteiger partial charge in [-0.25, -0.2) is 0 Å². The van der Waals surface area contributed by atoms with Crippen LogP contribution in [-0.2, 0) is 0 Å². The van der Waals surface area contributed by atoms with E-state index in [4.69, 9.17) is 0 Å². The monoisotopic (exact) mass is 350 g/mol. The number of rotatable bonds is 5. The molecule has 5 fully saturated rings. The summed E-state index contributed by atoms with van der Waals surface area (Å²) in [5, 5.41) is 0. The number of benzene rings is 1. The Morgan fingerprint density at radius 3 is 2.00 bits per heavy atom. The largest absolute Gasteiger partial charge is 0.300 e. The van der Waals surface area contributed by atoms with E-state index in [2.05, 4.69) is 52.3 Å². The lowest BCUT2D eigenvalue weighted by molar-refractivity contribution is -0.0732. The molecule has 0 unspecified atom stereocenters. The van der Waals surface area contributed by atoms with Crippen molar-refractivity contribution >= 4 is 6.08 Å². The van der Waals surface area contributed by atoms with Crippen molar-refractivity contribution in [2.75, 3.05) is 39.3 Å². The fourth-order valence-electron chi connectivity index (χ4n) is 6.99. The lowest BCUT2D eigenvalue weighted by atomic mass is 9.49. The number of hydrogen-bond donors (Lipinski definition) is 0. The Bertz CT molecular complexity index is 592. The van der Waals surface area contributed by atoms with Crippen LogP contribution in [0.3, 0.4) is 0 Å². The molecule has 4 aliphatic carbocycles. The topological polar surface area (TPSA) is 6.48 Å². The fraction of sp³-hybridized carbons (Fsp3) is 0.667. The standard InChI is InChI=1S/C24H34N2/c1-2-5-20(6-3-1)7-4-8-25-9-11-26(12-10-25)19-24-16-21-13-22(17-24)15-23(14-21)18-24/h1-7,21-23H,8-19H2. The van der Waals surface area contributed by atoms with Gasteiger partial charge in [0, 0.05) is 39.3 Å². The normalized spacial score (nSPS) is 37.6. The van der Waals surface area contributed by atoms with E-state index in [1.54, 1.807) is 38.5 Å². The quantitative estimate of drug-likeness (QED) is 0.769. The summed E-state index contributed by atoms with van der Waals surface area (Å²) in [6.07, 6.45) is 14.0. The fourth-order valence-corrected chi connectivity index (χ4v) is 6.99. The van der Waals surface area contributed by atoms with E-state index in [9.17, 15) is 0 Å². The van der Waals surface area contributed by atoms with Crippen molar-refractivity contribution in [3.05, 3.63) is 42.0 Å². The summed E-state index contributed by atoms with van der Waals surface area (Å²) < 4.78 is 0. The Kier molecular flexibility index (Phi) is 4.66. The molecule has 4 bridgehead atoms. The van der Waals surface area contributed by atoms with Gasteiger partial charge in [-0.3, -0.25) is 4.90 Å². The van der Waals surface area contributed by atoms with Crippen LogP contribution in [0.5, 0.6) is 0 Å². The van der Waals surface area contributed by atoms with Gasteiger partial charge in [0.2, 0.25) is 0 Å². The van der Waals surface area contributed by atoms with Crippen molar-refractivity contribution < 1.29 is 0 Å². The number of piperazine rings is 1. The van der Waals surface area contributed by atoms with Crippen LogP contribution in [-0.4, -0.2) is 49.1 Å². The van der Waals surface area contributed by atoms with Gasteiger partial charge < -0.3 is 4.90 Å². The minimum atomic E-state index is 0.712. The average molecular weight is 351 g/mol. The van der Waals surface area contributed by atoms with E-state index in [0.717, 1.165) is 24.3 Å². The van der Waals surface area contributed by atoms with Crippen LogP contribution >= 0.6 is 0 Å². The van der Waals surface area contributed by atoms with E-state index in [1.807, 2.05) is 0 Å². The molecule has 26 heavy (non-hydrogen) atoms. The first-order valence-corrected chi connectivity index (χ1v) is 10.9. The molecule has 4 saturated carbocycles. The molecule has 1 aliphatic heterocycles. The number of hydrogen-bond acceptors (Lipinski definition) is 2. The van der Waals surface area contributed by atoms with E-state index in [0.29, 0.717) is 5.41 Å². The van der Waals surface area contributed by atoms with Gasteiger partial charge >= 0.3 is 0 Å². The maximum absolute atomic E-state index is 2.81. The summed E-state index contributed by atoms with van der Waals surface area (Å²) in [5.41, 5.74) is 2.03. The van der Waals surface area contributed by atoms with Gasteiger partial charge in [-0.05, 0) is 67.3 Å². The van der Waals surface area contributed by atoms with E-state index >= 15 is 0 Å². The van der Waals surface area contributed by atoms with Gasteiger partial charge in [0.15, 0.2) is 0 Å². The molecule has 1 heterocycles. The highest BCUT2D eigenvalue weighted by molar-refractivity contribution is 5.48. The predicted octanol–water partition coefficient (Wildman–Crippen LogP) is 4.53. The van der Waals surface area contributed by atoms with Crippen LogP contribution in [0, 0.1) is 23.2 Å². The third-order valence-corrected chi connectivity index (χ3v) is 7.66. The first-order chi connectivity index (χ1) is 12.8. The molecule has 1 aromatic carbocycles. The molecule has 1 saturated heterocycles. The zero-order chi connectivity index (χ0) is 17.4. The van der Waals surface area contributed by atoms with Crippen LogP contribution < -0.4 is 0 Å². The van der Waals surface area contributed by atoms with Crippen LogP contribution in [0.15, 0.2) is 36.4 Å². The van der Waals surface area contributed by atoms with Gasteiger partial charge in [0.05, 0.1) is 0 Å². The predicted molar refractivity (Wildman–Crippen MR) is 109 cm³/mol. The van der Waals surface area contributed by atoms with Crippen LogP contribution in [0.25, 0.3) is 6.08 Å². The lowest BCUT2D eigenvalue weighted by Gasteiger charge is -2.58. The Hall–Kier alpha value is -1.12. The van der Waals surface area contributed by atoms with Crippen molar-refractivity contribution in [3.8, 4) is 0 Å². The Morgan fingerprint density at radius 2 is 1.38 bits per heavy atom. The minimum absolute atomic E-state index is 0.712. The van der Waals surface area contributed by atoms with Gasteiger partial charge in [-0.2, -0.15) is 0 Å². The van der Waals surface area contributed by atoms with Crippen molar-refractivity contribution in [1.29, 1.82) is 0 Å². The van der Waals surface area contributed by atoms with Gasteiger partial charge in [-0.1, -0.05) is 42.5 Å². The zero-order valence-corrected chi connectivity index (χ0v) is 16.2. The van der Waals surface area contributed by atoms with Gasteiger partial charge in [0.25, 0.3) is 0 Å². The second kappa shape index (κ2) is 7.13. The Labute approximate surface area is 159 Å². The summed E-state index contributed by atoms with van der Waals surface area (Å²) >= 11 is 0. The van der Waals surface area contributed by atoms with Crippen molar-refractivity contribution in [2.24, 2.45) is 23.2 Å². The van der Waals surface area contributed by atoms with Crippen molar-refractivity contribution in [1.82, 2.24) is 9.80 Å². The molecule has 0 aromatic heterocycles. The number of nitrogens with zero attached hydrogens (tertiary/aromatic N) is 2. The smallest absolute Gasteiger partial charge is 0.0167 e. The summed E-state index contributed by atoms with van der Waals surface area (Å²) in [4.78, 5) is 5.43. The molecule has 2 nitrogen and oxygen atoms in total. The summed E-state index contributed by atoms with van der Waals surface area (Å²) in [5.74, 6) is 3.27.